The average Bonchev–Trinajstić information content (AvgIpc) is 2.68. The molecule has 0 bridgehead atoms. The van der Waals surface area contributed by atoms with E-state index in [-0.39, 0.29) is 5.92 Å². The van der Waals surface area contributed by atoms with Gasteiger partial charge in [0.2, 0.25) is 0 Å². The van der Waals surface area contributed by atoms with E-state index in [1.54, 1.807) is 0 Å². The first-order valence-electron chi connectivity index (χ1n) is 9.79. The Morgan fingerprint density at radius 2 is 1.67 bits per heavy atom. The van der Waals surface area contributed by atoms with E-state index in [4.69, 9.17) is 4.74 Å². The Bertz CT molecular complexity index is 692. The van der Waals surface area contributed by atoms with Crippen molar-refractivity contribution < 1.29 is 9.84 Å². The zero-order chi connectivity index (χ0) is 19.3. The lowest BCUT2D eigenvalue weighted by atomic mass is 9.75. The van der Waals surface area contributed by atoms with Crippen molar-refractivity contribution in [2.24, 2.45) is 0 Å². The number of nitrogens with zero attached hydrogens (tertiary/aromatic N) is 2. The molecule has 1 fully saturated rings. The molecule has 0 radical (unpaired) electrons. The SMILES string of the molecule is CN(C)CC(c1ccc(OCc2ccccc2)cc1)C1(O)CCN(C)CC1. The number of hydrogen-bond acceptors (Lipinski definition) is 4. The third kappa shape index (κ3) is 5.32. The molecule has 1 heterocycles. The highest BCUT2D eigenvalue weighted by atomic mass is 16.5. The molecule has 1 unspecified atom stereocenters. The number of piperidine rings is 1. The van der Waals surface area contributed by atoms with Crippen LogP contribution in [-0.4, -0.2) is 61.3 Å². The lowest BCUT2D eigenvalue weighted by Crippen LogP contribution is -2.49. The summed E-state index contributed by atoms with van der Waals surface area (Å²) in [4.78, 5) is 4.46. The highest BCUT2D eigenvalue weighted by Crippen LogP contribution is 2.37. The number of likely N-dealkylation sites (tertiary alicyclic amines) is 1. The topological polar surface area (TPSA) is 35.9 Å². The number of aliphatic hydroxyl groups is 1. The molecule has 2 aromatic rings. The van der Waals surface area contributed by atoms with E-state index in [1.807, 2.05) is 30.3 Å². The van der Waals surface area contributed by atoms with Gasteiger partial charge in [-0.2, -0.15) is 0 Å². The highest BCUT2D eigenvalue weighted by molar-refractivity contribution is 5.32. The van der Waals surface area contributed by atoms with Crippen molar-refractivity contribution in [3.63, 3.8) is 0 Å². The van der Waals surface area contributed by atoms with Crippen molar-refractivity contribution in [3.8, 4) is 5.75 Å². The molecule has 1 N–H and O–H groups in total. The fraction of sp³-hybridized carbons (Fsp3) is 0.478. The van der Waals surface area contributed by atoms with Crippen LogP contribution in [0, 0.1) is 0 Å². The minimum atomic E-state index is -0.650. The van der Waals surface area contributed by atoms with Gasteiger partial charge in [0.1, 0.15) is 12.4 Å². The van der Waals surface area contributed by atoms with Crippen LogP contribution in [-0.2, 0) is 6.61 Å². The Morgan fingerprint density at radius 1 is 1.04 bits per heavy atom. The van der Waals surface area contributed by atoms with Crippen LogP contribution in [0.2, 0.25) is 0 Å². The van der Waals surface area contributed by atoms with Crippen molar-refractivity contribution in [3.05, 3.63) is 65.7 Å². The van der Waals surface area contributed by atoms with Crippen molar-refractivity contribution in [2.45, 2.75) is 31.0 Å². The Kier molecular flexibility index (Phi) is 6.53. The molecule has 2 aromatic carbocycles. The normalized spacial score (nSPS) is 18.4. The molecule has 4 heteroatoms. The molecule has 0 spiro atoms. The number of rotatable bonds is 7. The van der Waals surface area contributed by atoms with Gasteiger partial charge in [0.25, 0.3) is 0 Å². The van der Waals surface area contributed by atoms with Crippen LogP contribution in [0.1, 0.15) is 29.9 Å². The van der Waals surface area contributed by atoms with Crippen molar-refractivity contribution in [1.82, 2.24) is 9.80 Å². The lowest BCUT2D eigenvalue weighted by Gasteiger charge is -2.43. The number of hydrogen-bond donors (Lipinski definition) is 1. The maximum Gasteiger partial charge on any atom is 0.119 e. The fourth-order valence-electron chi connectivity index (χ4n) is 3.84. The summed E-state index contributed by atoms with van der Waals surface area (Å²) in [7, 11) is 6.27. The van der Waals surface area contributed by atoms with Gasteiger partial charge in [-0.25, -0.2) is 0 Å². The van der Waals surface area contributed by atoms with Crippen LogP contribution in [0.25, 0.3) is 0 Å². The first-order chi connectivity index (χ1) is 13.0. The third-order valence-corrected chi connectivity index (χ3v) is 5.58. The van der Waals surface area contributed by atoms with Crippen LogP contribution >= 0.6 is 0 Å². The summed E-state index contributed by atoms with van der Waals surface area (Å²) in [6.45, 7) is 3.29. The third-order valence-electron chi connectivity index (χ3n) is 5.58. The first kappa shape index (κ1) is 19.9. The second kappa shape index (κ2) is 8.87. The Morgan fingerprint density at radius 3 is 2.26 bits per heavy atom. The van der Waals surface area contributed by atoms with Gasteiger partial charge in [-0.3, -0.25) is 0 Å². The van der Waals surface area contributed by atoms with Crippen LogP contribution in [0.15, 0.2) is 54.6 Å². The largest absolute Gasteiger partial charge is 0.489 e. The van der Waals surface area contributed by atoms with Crippen molar-refractivity contribution >= 4 is 0 Å². The van der Waals surface area contributed by atoms with E-state index in [2.05, 4.69) is 55.2 Å². The molecule has 1 saturated heterocycles. The molecule has 0 aromatic heterocycles. The quantitative estimate of drug-likeness (QED) is 0.813. The molecule has 146 valence electrons. The second-order valence-corrected chi connectivity index (χ2v) is 8.06. The second-order valence-electron chi connectivity index (χ2n) is 8.06. The molecule has 3 rings (SSSR count). The van der Waals surface area contributed by atoms with E-state index >= 15 is 0 Å². The zero-order valence-electron chi connectivity index (χ0n) is 16.8. The van der Waals surface area contributed by atoms with Crippen LogP contribution in [0.3, 0.4) is 0 Å². The summed E-state index contributed by atoms with van der Waals surface area (Å²) < 4.78 is 5.91. The van der Waals surface area contributed by atoms with Crippen LogP contribution < -0.4 is 4.74 Å². The van der Waals surface area contributed by atoms with E-state index in [1.165, 1.54) is 5.56 Å². The van der Waals surface area contributed by atoms with Gasteiger partial charge in [-0.1, -0.05) is 42.5 Å². The zero-order valence-corrected chi connectivity index (χ0v) is 16.8. The number of likely N-dealkylation sites (N-methyl/N-ethyl adjacent to an activating group) is 1. The van der Waals surface area contributed by atoms with Crippen molar-refractivity contribution in [1.29, 1.82) is 0 Å². The van der Waals surface area contributed by atoms with Gasteiger partial charge in [-0.05, 0) is 57.2 Å². The Hall–Kier alpha value is -1.88. The van der Waals surface area contributed by atoms with Crippen LogP contribution in [0.4, 0.5) is 0 Å². The molecular formula is C23H32N2O2. The fourth-order valence-corrected chi connectivity index (χ4v) is 3.84. The van der Waals surface area contributed by atoms with Gasteiger partial charge in [0.15, 0.2) is 0 Å². The van der Waals surface area contributed by atoms with Crippen molar-refractivity contribution in [2.75, 3.05) is 40.8 Å². The lowest BCUT2D eigenvalue weighted by molar-refractivity contribution is -0.0434. The van der Waals surface area contributed by atoms with Gasteiger partial charge in [0, 0.05) is 25.6 Å². The van der Waals surface area contributed by atoms with Gasteiger partial charge >= 0.3 is 0 Å². The molecule has 27 heavy (non-hydrogen) atoms. The minimum Gasteiger partial charge on any atom is -0.489 e. The van der Waals surface area contributed by atoms with E-state index in [9.17, 15) is 5.11 Å². The Balaban J connectivity index is 1.71. The maximum absolute atomic E-state index is 11.4. The summed E-state index contributed by atoms with van der Waals surface area (Å²) in [6, 6.07) is 18.5. The van der Waals surface area contributed by atoms with Gasteiger partial charge in [-0.15, -0.1) is 0 Å². The minimum absolute atomic E-state index is 0.101. The summed E-state index contributed by atoms with van der Waals surface area (Å²) in [5, 5.41) is 11.4. The number of ether oxygens (including phenoxy) is 1. The summed E-state index contributed by atoms with van der Waals surface area (Å²) in [5.41, 5.74) is 1.69. The molecule has 1 aliphatic heterocycles. The molecule has 1 aliphatic rings. The first-order valence-corrected chi connectivity index (χ1v) is 9.79. The Labute approximate surface area is 163 Å². The van der Waals surface area contributed by atoms with E-state index < -0.39 is 5.60 Å². The molecule has 0 amide bonds. The number of benzene rings is 2. The smallest absolute Gasteiger partial charge is 0.119 e. The molecule has 1 atom stereocenters. The van der Waals surface area contributed by atoms with Gasteiger partial charge < -0.3 is 19.6 Å². The van der Waals surface area contributed by atoms with E-state index in [0.29, 0.717) is 6.61 Å². The monoisotopic (exact) mass is 368 g/mol. The molecule has 4 nitrogen and oxygen atoms in total. The average molecular weight is 369 g/mol. The predicted molar refractivity (Wildman–Crippen MR) is 110 cm³/mol. The molecule has 0 aliphatic carbocycles. The standard InChI is InChI=1S/C23H32N2O2/c1-24(2)17-22(23(26)13-15-25(3)16-14-23)20-9-11-21(12-10-20)27-18-19-7-5-4-6-8-19/h4-12,22,26H,13-18H2,1-3H3. The predicted octanol–water partition coefficient (Wildman–Crippen LogP) is 3.37. The van der Waals surface area contributed by atoms with Crippen LogP contribution in [0.5, 0.6) is 5.75 Å². The highest BCUT2D eigenvalue weighted by Gasteiger charge is 2.40. The molecule has 0 saturated carbocycles. The summed E-state index contributed by atoms with van der Waals surface area (Å²) in [6.07, 6.45) is 1.63. The van der Waals surface area contributed by atoms with E-state index in [0.717, 1.165) is 43.8 Å². The molecular weight excluding hydrogens is 336 g/mol. The maximum atomic E-state index is 11.4. The van der Waals surface area contributed by atoms with Gasteiger partial charge in [0.05, 0.1) is 5.60 Å². The summed E-state index contributed by atoms with van der Waals surface area (Å²) in [5.74, 6) is 0.964. The summed E-state index contributed by atoms with van der Waals surface area (Å²) >= 11 is 0.